The van der Waals surface area contributed by atoms with Crippen LogP contribution in [0.15, 0.2) is 24.3 Å². The Bertz CT molecular complexity index is 453. The Morgan fingerprint density at radius 3 is 2.80 bits per heavy atom. The van der Waals surface area contributed by atoms with Crippen LogP contribution in [-0.2, 0) is 16.0 Å². The molecule has 5 heteroatoms. The van der Waals surface area contributed by atoms with Crippen LogP contribution < -0.4 is 11.1 Å². The van der Waals surface area contributed by atoms with E-state index in [2.05, 4.69) is 5.32 Å². The highest BCUT2D eigenvalue weighted by atomic mass is 16.5. The van der Waals surface area contributed by atoms with Crippen LogP contribution in [0.5, 0.6) is 5.75 Å². The molecule has 2 rings (SSSR count). The minimum absolute atomic E-state index is 0.171. The van der Waals surface area contributed by atoms with Gasteiger partial charge in [-0.25, -0.2) is 0 Å². The van der Waals surface area contributed by atoms with Crippen molar-refractivity contribution >= 4 is 5.91 Å². The summed E-state index contributed by atoms with van der Waals surface area (Å²) >= 11 is 0. The van der Waals surface area contributed by atoms with Crippen molar-refractivity contribution in [2.45, 2.75) is 37.8 Å². The summed E-state index contributed by atoms with van der Waals surface area (Å²) in [5, 5.41) is 12.1. The molecule has 0 spiro atoms. The lowest BCUT2D eigenvalue weighted by atomic mass is 10.0. The molecule has 0 radical (unpaired) electrons. The van der Waals surface area contributed by atoms with Crippen LogP contribution in [0.1, 0.15) is 25.3 Å². The van der Waals surface area contributed by atoms with Crippen molar-refractivity contribution in [1.29, 1.82) is 0 Å². The van der Waals surface area contributed by atoms with Gasteiger partial charge in [0.15, 0.2) is 0 Å². The largest absolute Gasteiger partial charge is 0.508 e. The number of hydrogen-bond acceptors (Lipinski definition) is 4. The predicted molar refractivity (Wildman–Crippen MR) is 76.4 cm³/mol. The number of hydrogen-bond donors (Lipinski definition) is 3. The van der Waals surface area contributed by atoms with Crippen molar-refractivity contribution in [2.24, 2.45) is 5.73 Å². The van der Waals surface area contributed by atoms with E-state index >= 15 is 0 Å². The molecule has 1 aliphatic rings. The molecule has 4 N–H and O–H groups in total. The van der Waals surface area contributed by atoms with Gasteiger partial charge in [-0.15, -0.1) is 0 Å². The van der Waals surface area contributed by atoms with E-state index < -0.39 is 6.04 Å². The molecule has 2 atom stereocenters. The molecule has 0 saturated carbocycles. The number of carbonyl (C=O) groups excluding carboxylic acids is 1. The lowest BCUT2D eigenvalue weighted by molar-refractivity contribution is -0.123. The van der Waals surface area contributed by atoms with Crippen molar-refractivity contribution in [3.05, 3.63) is 29.8 Å². The number of phenolic OH excluding ortho intramolecular Hbond substituents is 1. The van der Waals surface area contributed by atoms with Crippen LogP contribution >= 0.6 is 0 Å². The topological polar surface area (TPSA) is 84.6 Å². The standard InChI is InChI=1S/C15H22N2O3/c1-15(7-2-8-20-15)10-17-14(19)13(16)9-11-3-5-12(18)6-4-11/h3-6,13,18H,2,7-10,16H2,1H3,(H,17,19). The van der Waals surface area contributed by atoms with E-state index in [0.717, 1.165) is 25.0 Å². The minimum atomic E-state index is -0.593. The molecule has 1 fully saturated rings. The monoisotopic (exact) mass is 278 g/mol. The van der Waals surface area contributed by atoms with Crippen LogP contribution in [0.4, 0.5) is 0 Å². The van der Waals surface area contributed by atoms with Gasteiger partial charge in [-0.1, -0.05) is 12.1 Å². The molecule has 0 aliphatic carbocycles. The maximum atomic E-state index is 12.0. The number of ether oxygens (including phenoxy) is 1. The summed E-state index contributed by atoms with van der Waals surface area (Å²) < 4.78 is 5.62. The Labute approximate surface area is 119 Å². The van der Waals surface area contributed by atoms with Crippen LogP contribution in [0.3, 0.4) is 0 Å². The Kier molecular flexibility index (Phi) is 4.62. The Balaban J connectivity index is 1.81. The number of nitrogens with two attached hydrogens (primary N) is 1. The predicted octanol–water partition coefficient (Wildman–Crippen LogP) is 0.947. The second-order valence-electron chi connectivity index (χ2n) is 5.60. The van der Waals surface area contributed by atoms with Crippen molar-refractivity contribution in [1.82, 2.24) is 5.32 Å². The van der Waals surface area contributed by atoms with E-state index in [1.807, 2.05) is 6.92 Å². The normalized spacial score (nSPS) is 23.5. The van der Waals surface area contributed by atoms with Crippen LogP contribution in [0.2, 0.25) is 0 Å². The molecule has 0 aromatic heterocycles. The number of carbonyl (C=O) groups is 1. The van der Waals surface area contributed by atoms with E-state index in [9.17, 15) is 9.90 Å². The molecule has 1 saturated heterocycles. The maximum absolute atomic E-state index is 12.0. The fourth-order valence-electron chi connectivity index (χ4n) is 2.36. The fourth-order valence-corrected chi connectivity index (χ4v) is 2.36. The average molecular weight is 278 g/mol. The highest BCUT2D eigenvalue weighted by molar-refractivity contribution is 5.81. The summed E-state index contributed by atoms with van der Waals surface area (Å²) in [6, 6.07) is 6.12. The molecule has 1 amide bonds. The summed E-state index contributed by atoms with van der Waals surface area (Å²) in [5.41, 5.74) is 6.57. The van der Waals surface area contributed by atoms with E-state index in [1.165, 1.54) is 0 Å². The average Bonchev–Trinajstić information content (AvgIpc) is 2.86. The molecule has 0 bridgehead atoms. The molecule has 1 aromatic rings. The van der Waals surface area contributed by atoms with E-state index in [4.69, 9.17) is 10.5 Å². The fraction of sp³-hybridized carbons (Fsp3) is 0.533. The number of benzene rings is 1. The number of aromatic hydroxyl groups is 1. The van der Waals surface area contributed by atoms with Crippen molar-refractivity contribution in [2.75, 3.05) is 13.2 Å². The van der Waals surface area contributed by atoms with Gasteiger partial charge < -0.3 is 20.9 Å². The van der Waals surface area contributed by atoms with Crippen LogP contribution in [-0.4, -0.2) is 35.8 Å². The SMILES string of the molecule is CC1(CNC(=O)C(N)Cc2ccc(O)cc2)CCCO1. The van der Waals surface area contributed by atoms with Gasteiger partial charge in [0.05, 0.1) is 11.6 Å². The second kappa shape index (κ2) is 6.24. The zero-order chi connectivity index (χ0) is 14.6. The number of amides is 1. The van der Waals surface area contributed by atoms with Gasteiger partial charge in [0.2, 0.25) is 5.91 Å². The second-order valence-corrected chi connectivity index (χ2v) is 5.60. The number of rotatable bonds is 5. The number of nitrogens with one attached hydrogen (secondary N) is 1. The molecule has 20 heavy (non-hydrogen) atoms. The zero-order valence-electron chi connectivity index (χ0n) is 11.8. The van der Waals surface area contributed by atoms with Gasteiger partial charge in [-0.2, -0.15) is 0 Å². The molecule has 110 valence electrons. The highest BCUT2D eigenvalue weighted by Crippen LogP contribution is 2.23. The maximum Gasteiger partial charge on any atom is 0.237 e. The highest BCUT2D eigenvalue weighted by Gasteiger charge is 2.30. The first-order valence-electron chi connectivity index (χ1n) is 6.94. The van der Waals surface area contributed by atoms with Gasteiger partial charge in [-0.05, 0) is 43.9 Å². The molecular formula is C15H22N2O3. The lowest BCUT2D eigenvalue weighted by Gasteiger charge is -2.24. The first-order valence-corrected chi connectivity index (χ1v) is 6.94. The van der Waals surface area contributed by atoms with Crippen LogP contribution in [0.25, 0.3) is 0 Å². The van der Waals surface area contributed by atoms with Crippen LogP contribution in [0, 0.1) is 0 Å². The number of phenols is 1. The summed E-state index contributed by atoms with van der Waals surface area (Å²) in [7, 11) is 0. The Morgan fingerprint density at radius 2 is 2.20 bits per heavy atom. The molecule has 1 aromatic carbocycles. The summed E-state index contributed by atoms with van der Waals surface area (Å²) in [5.74, 6) is 0.0351. The Morgan fingerprint density at radius 1 is 1.50 bits per heavy atom. The first kappa shape index (κ1) is 14.8. The molecule has 2 unspecified atom stereocenters. The third-order valence-electron chi connectivity index (χ3n) is 3.67. The van der Waals surface area contributed by atoms with E-state index in [0.29, 0.717) is 13.0 Å². The van der Waals surface area contributed by atoms with Crippen molar-refractivity contribution in [3.63, 3.8) is 0 Å². The van der Waals surface area contributed by atoms with Gasteiger partial charge in [0, 0.05) is 13.2 Å². The van der Waals surface area contributed by atoms with Crippen molar-refractivity contribution < 1.29 is 14.6 Å². The molecule has 1 heterocycles. The summed E-state index contributed by atoms with van der Waals surface area (Å²) in [6.45, 7) is 3.26. The quantitative estimate of drug-likeness (QED) is 0.748. The minimum Gasteiger partial charge on any atom is -0.508 e. The molecule has 5 nitrogen and oxygen atoms in total. The van der Waals surface area contributed by atoms with Crippen molar-refractivity contribution in [3.8, 4) is 5.75 Å². The van der Waals surface area contributed by atoms with Gasteiger partial charge in [0.1, 0.15) is 5.75 Å². The van der Waals surface area contributed by atoms with Gasteiger partial charge in [-0.3, -0.25) is 4.79 Å². The summed E-state index contributed by atoms with van der Waals surface area (Å²) in [6.07, 6.45) is 2.44. The molecular weight excluding hydrogens is 256 g/mol. The lowest BCUT2D eigenvalue weighted by Crippen LogP contribution is -2.47. The van der Waals surface area contributed by atoms with Gasteiger partial charge >= 0.3 is 0 Å². The smallest absolute Gasteiger partial charge is 0.237 e. The van der Waals surface area contributed by atoms with E-state index in [-0.39, 0.29) is 17.3 Å². The van der Waals surface area contributed by atoms with E-state index in [1.54, 1.807) is 24.3 Å². The first-order chi connectivity index (χ1) is 9.48. The van der Waals surface area contributed by atoms with Gasteiger partial charge in [0.25, 0.3) is 0 Å². The third-order valence-corrected chi connectivity index (χ3v) is 3.67. The Hall–Kier alpha value is -1.59. The third kappa shape index (κ3) is 3.95. The molecule has 1 aliphatic heterocycles. The zero-order valence-corrected chi connectivity index (χ0v) is 11.8. The summed E-state index contributed by atoms with van der Waals surface area (Å²) in [4.78, 5) is 12.0.